The fraction of sp³-hybridized carbons (Fsp3) is 0.529. The number of hydrogen-bond acceptors (Lipinski definition) is 5. The molecule has 0 unspecified atom stereocenters. The van der Waals surface area contributed by atoms with Gasteiger partial charge in [0, 0.05) is 31.8 Å². The van der Waals surface area contributed by atoms with Gasteiger partial charge in [0.05, 0.1) is 18.7 Å². The fourth-order valence-electron chi connectivity index (χ4n) is 3.23. The lowest BCUT2D eigenvalue weighted by molar-refractivity contribution is 0.0646. The molecule has 1 saturated heterocycles. The largest absolute Gasteiger partial charge is 0.456 e. The molecule has 2 aromatic rings. The summed E-state index contributed by atoms with van der Waals surface area (Å²) in [5.74, 6) is 1.64. The Morgan fingerprint density at radius 2 is 2.33 bits per heavy atom. The zero-order valence-electron chi connectivity index (χ0n) is 14.4. The Balaban J connectivity index is 1.82. The number of amides is 1. The van der Waals surface area contributed by atoms with Crippen molar-refractivity contribution in [1.29, 1.82) is 0 Å². The Bertz CT molecular complexity index is 721. The van der Waals surface area contributed by atoms with E-state index >= 15 is 0 Å². The number of nitrogen functional groups attached to an aromatic ring is 1. The molecule has 7 heteroatoms. The summed E-state index contributed by atoms with van der Waals surface area (Å²) in [6.45, 7) is 5.05. The van der Waals surface area contributed by atoms with E-state index in [0.717, 1.165) is 24.2 Å². The predicted molar refractivity (Wildman–Crippen MR) is 89.7 cm³/mol. The van der Waals surface area contributed by atoms with E-state index in [1.165, 1.54) is 0 Å². The molecular formula is C17H24N4O3. The van der Waals surface area contributed by atoms with Crippen molar-refractivity contribution >= 4 is 11.7 Å². The van der Waals surface area contributed by atoms with Crippen molar-refractivity contribution in [3.05, 3.63) is 35.4 Å². The number of aromatic nitrogens is 2. The summed E-state index contributed by atoms with van der Waals surface area (Å²) in [6, 6.07) is 3.68. The van der Waals surface area contributed by atoms with Crippen LogP contribution in [0.3, 0.4) is 0 Å². The summed E-state index contributed by atoms with van der Waals surface area (Å²) in [5, 5.41) is 4.22. The van der Waals surface area contributed by atoms with Crippen molar-refractivity contribution in [1.82, 2.24) is 14.7 Å². The summed E-state index contributed by atoms with van der Waals surface area (Å²) in [5.41, 5.74) is 6.55. The monoisotopic (exact) mass is 332 g/mol. The number of furan rings is 1. The van der Waals surface area contributed by atoms with Crippen molar-refractivity contribution < 1.29 is 13.9 Å². The molecule has 1 amide bonds. The van der Waals surface area contributed by atoms with Gasteiger partial charge in [-0.1, -0.05) is 6.92 Å². The number of likely N-dealkylation sites (tertiary alicyclic amines) is 1. The van der Waals surface area contributed by atoms with Gasteiger partial charge in [-0.3, -0.25) is 9.48 Å². The molecule has 0 bridgehead atoms. The van der Waals surface area contributed by atoms with Crippen molar-refractivity contribution in [2.45, 2.75) is 45.4 Å². The predicted octanol–water partition coefficient (Wildman–Crippen LogP) is 1.86. The number of nitrogens with zero attached hydrogens (tertiary/aromatic N) is 3. The quantitative estimate of drug-likeness (QED) is 0.903. The van der Waals surface area contributed by atoms with Crippen molar-refractivity contribution in [3.63, 3.8) is 0 Å². The average molecular weight is 332 g/mol. The van der Waals surface area contributed by atoms with Gasteiger partial charge in [-0.25, -0.2) is 0 Å². The van der Waals surface area contributed by atoms with Crippen LogP contribution in [0.25, 0.3) is 0 Å². The molecule has 1 fully saturated rings. The summed E-state index contributed by atoms with van der Waals surface area (Å²) in [6.07, 6.45) is 3.38. The lowest BCUT2D eigenvalue weighted by Gasteiger charge is -2.23. The topological polar surface area (TPSA) is 86.5 Å². The van der Waals surface area contributed by atoms with E-state index in [2.05, 4.69) is 5.10 Å². The highest BCUT2D eigenvalue weighted by Crippen LogP contribution is 2.26. The molecule has 130 valence electrons. The van der Waals surface area contributed by atoms with E-state index in [4.69, 9.17) is 14.9 Å². The van der Waals surface area contributed by atoms with Crippen LogP contribution in [0.5, 0.6) is 0 Å². The average Bonchev–Trinajstić information content (AvgIpc) is 3.26. The van der Waals surface area contributed by atoms with Crippen LogP contribution in [0.2, 0.25) is 0 Å². The van der Waals surface area contributed by atoms with Gasteiger partial charge in [0.25, 0.3) is 5.91 Å². The van der Waals surface area contributed by atoms with Crippen LogP contribution in [0.15, 0.2) is 22.7 Å². The number of methoxy groups -OCH3 is 1. The molecule has 2 N–H and O–H groups in total. The molecule has 2 aromatic heterocycles. The minimum atomic E-state index is -0.0862. The van der Waals surface area contributed by atoms with E-state index in [9.17, 15) is 4.79 Å². The molecule has 7 nitrogen and oxygen atoms in total. The highest BCUT2D eigenvalue weighted by Gasteiger charge is 2.37. The SMILES string of the molecule is CCc1cc(C)c(C(=O)N2C[C@H](OC)C[C@H]2Cn2ccc(N)n2)o1. The number of carbonyl (C=O) groups excluding carboxylic acids is 1. The van der Waals surface area contributed by atoms with E-state index in [1.807, 2.05) is 31.0 Å². The van der Waals surface area contributed by atoms with Crippen LogP contribution in [0.4, 0.5) is 5.82 Å². The smallest absolute Gasteiger partial charge is 0.290 e. The second kappa shape index (κ2) is 6.68. The zero-order valence-corrected chi connectivity index (χ0v) is 14.4. The van der Waals surface area contributed by atoms with Gasteiger partial charge < -0.3 is 19.8 Å². The van der Waals surface area contributed by atoms with Crippen LogP contribution in [-0.2, 0) is 17.7 Å². The lowest BCUT2D eigenvalue weighted by atomic mass is 10.2. The first-order chi connectivity index (χ1) is 11.5. The summed E-state index contributed by atoms with van der Waals surface area (Å²) >= 11 is 0. The molecule has 0 spiro atoms. The first-order valence-electron chi connectivity index (χ1n) is 8.23. The van der Waals surface area contributed by atoms with Crippen LogP contribution < -0.4 is 5.73 Å². The summed E-state index contributed by atoms with van der Waals surface area (Å²) in [7, 11) is 1.68. The third-order valence-electron chi connectivity index (χ3n) is 4.54. The Morgan fingerprint density at radius 3 is 2.92 bits per heavy atom. The number of ether oxygens (including phenoxy) is 1. The normalized spacial score (nSPS) is 20.7. The van der Waals surface area contributed by atoms with Crippen LogP contribution in [0.1, 0.15) is 35.2 Å². The highest BCUT2D eigenvalue weighted by molar-refractivity contribution is 5.93. The van der Waals surface area contributed by atoms with Gasteiger partial charge in [-0.15, -0.1) is 0 Å². The first-order valence-corrected chi connectivity index (χ1v) is 8.23. The minimum Gasteiger partial charge on any atom is -0.456 e. The van der Waals surface area contributed by atoms with Crippen LogP contribution in [0, 0.1) is 6.92 Å². The third-order valence-corrected chi connectivity index (χ3v) is 4.54. The van der Waals surface area contributed by atoms with Crippen LogP contribution in [-0.4, -0.2) is 46.4 Å². The number of rotatable bonds is 5. The van der Waals surface area contributed by atoms with Gasteiger partial charge >= 0.3 is 0 Å². The van der Waals surface area contributed by atoms with E-state index in [-0.39, 0.29) is 18.1 Å². The van der Waals surface area contributed by atoms with Gasteiger partial charge in [-0.05, 0) is 25.5 Å². The molecule has 0 aromatic carbocycles. The molecule has 0 aliphatic carbocycles. The first kappa shape index (κ1) is 16.6. The molecule has 1 aliphatic rings. The molecular weight excluding hydrogens is 308 g/mol. The fourth-order valence-corrected chi connectivity index (χ4v) is 3.23. The van der Waals surface area contributed by atoms with Gasteiger partial charge in [-0.2, -0.15) is 5.10 Å². The Kier molecular flexibility index (Phi) is 4.62. The number of anilines is 1. The molecule has 0 saturated carbocycles. The van der Waals surface area contributed by atoms with Crippen molar-refractivity contribution in [2.75, 3.05) is 19.4 Å². The van der Waals surface area contributed by atoms with Gasteiger partial charge in [0.2, 0.25) is 0 Å². The number of hydrogen-bond donors (Lipinski definition) is 1. The maximum Gasteiger partial charge on any atom is 0.290 e. The van der Waals surface area contributed by atoms with E-state index in [0.29, 0.717) is 24.7 Å². The maximum absolute atomic E-state index is 13.0. The molecule has 3 heterocycles. The number of aryl methyl sites for hydroxylation is 2. The van der Waals surface area contributed by atoms with Crippen LogP contribution >= 0.6 is 0 Å². The van der Waals surface area contributed by atoms with Crippen molar-refractivity contribution in [3.8, 4) is 0 Å². The summed E-state index contributed by atoms with van der Waals surface area (Å²) in [4.78, 5) is 14.8. The van der Waals surface area contributed by atoms with Gasteiger partial charge in [0.15, 0.2) is 5.76 Å². The second-order valence-corrected chi connectivity index (χ2v) is 6.25. The number of carbonyl (C=O) groups is 1. The molecule has 0 radical (unpaired) electrons. The standard InChI is InChI=1S/C17H24N4O3/c1-4-13-7-11(2)16(24-13)17(22)21-10-14(23-3)8-12(21)9-20-6-5-15(18)19-20/h5-7,12,14H,4,8-10H2,1-3H3,(H2,18,19)/t12-,14+/m0/s1. The highest BCUT2D eigenvalue weighted by atomic mass is 16.5. The van der Waals surface area contributed by atoms with Crippen molar-refractivity contribution in [2.24, 2.45) is 0 Å². The Hall–Kier alpha value is -2.28. The second-order valence-electron chi connectivity index (χ2n) is 6.25. The maximum atomic E-state index is 13.0. The Labute approximate surface area is 141 Å². The number of nitrogens with two attached hydrogens (primary N) is 1. The Morgan fingerprint density at radius 1 is 1.54 bits per heavy atom. The minimum absolute atomic E-state index is 0.00340. The molecule has 2 atom stereocenters. The van der Waals surface area contributed by atoms with E-state index in [1.54, 1.807) is 17.9 Å². The lowest BCUT2D eigenvalue weighted by Crippen LogP contribution is -2.38. The van der Waals surface area contributed by atoms with E-state index < -0.39 is 0 Å². The third kappa shape index (κ3) is 3.17. The molecule has 24 heavy (non-hydrogen) atoms. The molecule has 1 aliphatic heterocycles. The molecule has 3 rings (SSSR count). The summed E-state index contributed by atoms with van der Waals surface area (Å²) < 4.78 is 13.0. The van der Waals surface area contributed by atoms with Gasteiger partial charge in [0.1, 0.15) is 11.6 Å². The zero-order chi connectivity index (χ0) is 17.3.